The lowest BCUT2D eigenvalue weighted by Gasteiger charge is -1.96. The van der Waals surface area contributed by atoms with Crippen molar-refractivity contribution < 1.29 is 0 Å². The van der Waals surface area contributed by atoms with Gasteiger partial charge in [0, 0.05) is 11.9 Å². The summed E-state index contributed by atoms with van der Waals surface area (Å²) in [6, 6.07) is 1.97. The third kappa shape index (κ3) is 4.06. The van der Waals surface area contributed by atoms with Gasteiger partial charge < -0.3 is 0 Å². The van der Waals surface area contributed by atoms with Gasteiger partial charge in [-0.05, 0) is 19.4 Å². The van der Waals surface area contributed by atoms with E-state index in [1.807, 2.05) is 33.0 Å². The molecule has 12 heavy (non-hydrogen) atoms. The normalized spacial score (nSPS) is 8.67. The van der Waals surface area contributed by atoms with Gasteiger partial charge in [-0.15, -0.1) is 0 Å². The minimum absolute atomic E-state index is 0.867. The molecule has 1 rings (SSSR count). The van der Waals surface area contributed by atoms with Crippen molar-refractivity contribution in [3.63, 3.8) is 0 Å². The lowest BCUT2D eigenvalue weighted by molar-refractivity contribution is 0.856. The summed E-state index contributed by atoms with van der Waals surface area (Å²) in [6.45, 7) is 8.07. The second kappa shape index (κ2) is 6.77. The fourth-order valence-electron chi connectivity index (χ4n) is 0.901. The molecule has 1 heterocycles. The number of hydrogen-bond donors (Lipinski definition) is 0. The molecule has 1 aromatic heterocycles. The maximum absolute atomic E-state index is 4.25. The fourth-order valence-corrected chi connectivity index (χ4v) is 0.901. The lowest BCUT2D eigenvalue weighted by Crippen LogP contribution is -1.92. The molecule has 0 saturated carbocycles. The smallest absolute Gasteiger partial charge is 0.125 e. The van der Waals surface area contributed by atoms with Crippen molar-refractivity contribution in [3.8, 4) is 0 Å². The average Bonchev–Trinajstić information content (AvgIpc) is 2.09. The monoisotopic (exact) mass is 166 g/mol. The summed E-state index contributed by atoms with van der Waals surface area (Å²) in [5, 5.41) is 0. The first-order valence-electron chi connectivity index (χ1n) is 4.61. The Hall–Kier alpha value is -0.920. The molecule has 0 aliphatic carbocycles. The number of hydrogen-bond acceptors (Lipinski definition) is 2. The van der Waals surface area contributed by atoms with Crippen LogP contribution in [0.15, 0.2) is 12.3 Å². The molecule has 0 aromatic carbocycles. The molecule has 1 aromatic rings. The Kier molecular flexibility index (Phi) is 6.25. The predicted molar refractivity (Wildman–Crippen MR) is 52.1 cm³/mol. The Morgan fingerprint density at radius 3 is 2.50 bits per heavy atom. The van der Waals surface area contributed by atoms with E-state index in [-0.39, 0.29) is 0 Å². The van der Waals surface area contributed by atoms with Gasteiger partial charge in [0.05, 0.1) is 0 Å². The van der Waals surface area contributed by atoms with Crippen LogP contribution in [0.1, 0.15) is 38.7 Å². The standard InChI is InChI=1S/C8H12N2.C2H6/c1-3-4-8-5-6-9-7(2)10-8;1-2/h5-6H,3-4H2,1-2H3;1-2H3. The molecule has 0 aliphatic rings. The highest BCUT2D eigenvalue weighted by atomic mass is 14.9. The second-order valence-corrected chi connectivity index (χ2v) is 2.35. The minimum Gasteiger partial charge on any atom is -0.242 e. The summed E-state index contributed by atoms with van der Waals surface area (Å²) in [4.78, 5) is 8.26. The molecule has 0 unspecified atom stereocenters. The van der Waals surface area contributed by atoms with Gasteiger partial charge in [0.2, 0.25) is 0 Å². The molecule has 0 saturated heterocycles. The first-order valence-corrected chi connectivity index (χ1v) is 4.61. The van der Waals surface area contributed by atoms with Crippen LogP contribution in [0.4, 0.5) is 0 Å². The van der Waals surface area contributed by atoms with Crippen LogP contribution >= 0.6 is 0 Å². The van der Waals surface area contributed by atoms with E-state index in [1.165, 1.54) is 0 Å². The van der Waals surface area contributed by atoms with Crippen molar-refractivity contribution in [2.75, 3.05) is 0 Å². The summed E-state index contributed by atoms with van der Waals surface area (Å²) >= 11 is 0. The fraction of sp³-hybridized carbons (Fsp3) is 0.600. The third-order valence-corrected chi connectivity index (χ3v) is 1.34. The Morgan fingerprint density at radius 1 is 1.33 bits per heavy atom. The molecule has 0 atom stereocenters. The lowest BCUT2D eigenvalue weighted by atomic mass is 10.2. The van der Waals surface area contributed by atoms with Crippen LogP contribution in [-0.4, -0.2) is 9.97 Å². The molecular weight excluding hydrogens is 148 g/mol. The topological polar surface area (TPSA) is 25.8 Å². The molecule has 0 fully saturated rings. The van der Waals surface area contributed by atoms with Gasteiger partial charge >= 0.3 is 0 Å². The van der Waals surface area contributed by atoms with Crippen molar-refractivity contribution >= 4 is 0 Å². The average molecular weight is 166 g/mol. The molecule has 2 nitrogen and oxygen atoms in total. The van der Waals surface area contributed by atoms with Crippen molar-refractivity contribution in [1.29, 1.82) is 0 Å². The third-order valence-electron chi connectivity index (χ3n) is 1.34. The first kappa shape index (κ1) is 11.1. The van der Waals surface area contributed by atoms with Gasteiger partial charge in [-0.2, -0.15) is 0 Å². The van der Waals surface area contributed by atoms with Crippen molar-refractivity contribution in [2.45, 2.75) is 40.5 Å². The van der Waals surface area contributed by atoms with Crippen LogP contribution in [0, 0.1) is 6.92 Å². The predicted octanol–water partition coefficient (Wildman–Crippen LogP) is 2.76. The van der Waals surface area contributed by atoms with E-state index in [9.17, 15) is 0 Å². The maximum Gasteiger partial charge on any atom is 0.125 e. The molecule has 0 radical (unpaired) electrons. The molecule has 0 aliphatic heterocycles. The van der Waals surface area contributed by atoms with E-state index in [0.29, 0.717) is 0 Å². The zero-order valence-electron chi connectivity index (χ0n) is 8.46. The van der Waals surface area contributed by atoms with Crippen molar-refractivity contribution in [3.05, 3.63) is 23.8 Å². The molecule has 0 bridgehead atoms. The number of aromatic nitrogens is 2. The summed E-state index contributed by atoms with van der Waals surface area (Å²) in [5.74, 6) is 0.867. The maximum atomic E-state index is 4.25. The Labute approximate surface area is 75.1 Å². The highest BCUT2D eigenvalue weighted by Gasteiger charge is 1.91. The molecule has 0 N–H and O–H groups in total. The molecule has 68 valence electrons. The number of nitrogens with zero attached hydrogens (tertiary/aromatic N) is 2. The van der Waals surface area contributed by atoms with Crippen LogP contribution in [0.3, 0.4) is 0 Å². The highest BCUT2D eigenvalue weighted by Crippen LogP contribution is 1.97. The van der Waals surface area contributed by atoms with Crippen LogP contribution < -0.4 is 0 Å². The Bertz CT molecular complexity index is 209. The van der Waals surface area contributed by atoms with Gasteiger partial charge in [0.15, 0.2) is 0 Å². The van der Waals surface area contributed by atoms with E-state index in [2.05, 4.69) is 16.9 Å². The van der Waals surface area contributed by atoms with Gasteiger partial charge in [-0.3, -0.25) is 0 Å². The van der Waals surface area contributed by atoms with Crippen LogP contribution in [-0.2, 0) is 6.42 Å². The number of aryl methyl sites for hydroxylation is 2. The first-order chi connectivity index (χ1) is 5.83. The summed E-state index contributed by atoms with van der Waals surface area (Å²) in [7, 11) is 0. The molecule has 2 heteroatoms. The van der Waals surface area contributed by atoms with Gasteiger partial charge in [-0.1, -0.05) is 27.2 Å². The second-order valence-electron chi connectivity index (χ2n) is 2.35. The van der Waals surface area contributed by atoms with Crippen LogP contribution in [0.2, 0.25) is 0 Å². The SMILES string of the molecule is CC.CCCc1ccnc(C)n1. The van der Waals surface area contributed by atoms with Gasteiger partial charge in [0.25, 0.3) is 0 Å². The molecular formula is C10H18N2. The van der Waals surface area contributed by atoms with Crippen molar-refractivity contribution in [1.82, 2.24) is 9.97 Å². The summed E-state index contributed by atoms with van der Waals surface area (Å²) in [5.41, 5.74) is 1.15. The van der Waals surface area contributed by atoms with Crippen LogP contribution in [0.5, 0.6) is 0 Å². The molecule has 0 amide bonds. The zero-order chi connectivity index (χ0) is 9.40. The zero-order valence-corrected chi connectivity index (χ0v) is 8.46. The quantitative estimate of drug-likeness (QED) is 0.675. The van der Waals surface area contributed by atoms with Gasteiger partial charge in [0.1, 0.15) is 5.82 Å². The van der Waals surface area contributed by atoms with Crippen LogP contribution in [0.25, 0.3) is 0 Å². The van der Waals surface area contributed by atoms with Gasteiger partial charge in [-0.25, -0.2) is 9.97 Å². The highest BCUT2D eigenvalue weighted by molar-refractivity contribution is 5.01. The van der Waals surface area contributed by atoms with E-state index in [4.69, 9.17) is 0 Å². The summed E-state index contributed by atoms with van der Waals surface area (Å²) in [6.07, 6.45) is 4.02. The van der Waals surface area contributed by atoms with E-state index >= 15 is 0 Å². The summed E-state index contributed by atoms with van der Waals surface area (Å²) < 4.78 is 0. The minimum atomic E-state index is 0.867. The van der Waals surface area contributed by atoms with E-state index in [1.54, 1.807) is 0 Å². The van der Waals surface area contributed by atoms with Crippen molar-refractivity contribution in [2.24, 2.45) is 0 Å². The molecule has 0 spiro atoms. The Balaban J connectivity index is 0.000000561. The van der Waals surface area contributed by atoms with E-state index in [0.717, 1.165) is 24.4 Å². The number of rotatable bonds is 2. The largest absolute Gasteiger partial charge is 0.242 e. The Morgan fingerprint density at radius 2 is 2.00 bits per heavy atom. The van der Waals surface area contributed by atoms with E-state index < -0.39 is 0 Å².